The van der Waals surface area contributed by atoms with E-state index in [0.29, 0.717) is 25.2 Å². The molecule has 2 atom stereocenters. The van der Waals surface area contributed by atoms with Crippen LogP contribution in [0, 0.1) is 12.8 Å². The van der Waals surface area contributed by atoms with Gasteiger partial charge in [-0.05, 0) is 55.4 Å². The molecule has 3 aromatic rings. The summed E-state index contributed by atoms with van der Waals surface area (Å²) in [6.45, 7) is 4.24. The highest BCUT2D eigenvalue weighted by Crippen LogP contribution is 2.38. The molecule has 1 aromatic heterocycles. The van der Waals surface area contributed by atoms with E-state index in [0.717, 1.165) is 48.8 Å². The van der Waals surface area contributed by atoms with Gasteiger partial charge in [0, 0.05) is 18.9 Å². The molecule has 39 heavy (non-hydrogen) atoms. The molecule has 0 radical (unpaired) electrons. The summed E-state index contributed by atoms with van der Waals surface area (Å²) >= 11 is 6.16. The van der Waals surface area contributed by atoms with Crippen LogP contribution in [-0.2, 0) is 27.8 Å². The zero-order valence-corrected chi connectivity index (χ0v) is 23.8. The number of aromatic nitrogens is 2. The van der Waals surface area contributed by atoms with Crippen LogP contribution in [-0.4, -0.2) is 35.0 Å². The molecule has 1 amide bonds. The SMILES string of the molecule is CCCCc1nc(Cl)c(C(=O)O)n1Cc1ccc([C@H]2CCCC[C@@H]2C(=O)NS(=O)(=O)c2ccc(C)cc2)cc1. The molecule has 0 saturated heterocycles. The van der Waals surface area contributed by atoms with Crippen LogP contribution in [0.1, 0.15) is 84.4 Å². The second-order valence-electron chi connectivity index (χ2n) is 10.2. The quantitative estimate of drug-likeness (QED) is 0.321. The van der Waals surface area contributed by atoms with E-state index in [-0.39, 0.29) is 21.7 Å². The largest absolute Gasteiger partial charge is 0.476 e. The molecule has 1 aliphatic carbocycles. The summed E-state index contributed by atoms with van der Waals surface area (Å²) in [5.41, 5.74) is 2.75. The number of imidazole rings is 1. The van der Waals surface area contributed by atoms with Crippen molar-refractivity contribution in [1.82, 2.24) is 14.3 Å². The number of sulfonamides is 1. The first-order valence-corrected chi connectivity index (χ1v) is 15.2. The van der Waals surface area contributed by atoms with Gasteiger partial charge in [-0.25, -0.2) is 22.9 Å². The summed E-state index contributed by atoms with van der Waals surface area (Å²) in [5, 5.41) is 9.69. The highest BCUT2D eigenvalue weighted by Gasteiger charge is 2.34. The van der Waals surface area contributed by atoms with Gasteiger partial charge in [0.15, 0.2) is 10.8 Å². The number of carboxylic acid groups (broad SMARTS) is 1. The Hall–Kier alpha value is -3.17. The van der Waals surface area contributed by atoms with E-state index in [1.54, 1.807) is 16.7 Å². The topological polar surface area (TPSA) is 118 Å². The van der Waals surface area contributed by atoms with Crippen molar-refractivity contribution in [3.05, 3.63) is 81.9 Å². The van der Waals surface area contributed by atoms with Crippen LogP contribution in [0.2, 0.25) is 5.15 Å². The molecule has 0 bridgehead atoms. The molecule has 0 spiro atoms. The number of halogens is 1. The van der Waals surface area contributed by atoms with E-state index < -0.39 is 27.8 Å². The van der Waals surface area contributed by atoms with Gasteiger partial charge >= 0.3 is 5.97 Å². The van der Waals surface area contributed by atoms with Crippen LogP contribution in [0.3, 0.4) is 0 Å². The fourth-order valence-electron chi connectivity index (χ4n) is 5.25. The van der Waals surface area contributed by atoms with Gasteiger partial charge in [-0.2, -0.15) is 0 Å². The Morgan fingerprint density at radius 2 is 1.74 bits per heavy atom. The zero-order chi connectivity index (χ0) is 28.2. The molecule has 1 saturated carbocycles. The van der Waals surface area contributed by atoms with Crippen LogP contribution < -0.4 is 4.72 Å². The molecule has 0 aliphatic heterocycles. The van der Waals surface area contributed by atoms with Gasteiger partial charge in [0.25, 0.3) is 10.0 Å². The zero-order valence-electron chi connectivity index (χ0n) is 22.2. The lowest BCUT2D eigenvalue weighted by Crippen LogP contribution is -2.39. The average Bonchev–Trinajstić information content (AvgIpc) is 3.22. The normalized spacial score (nSPS) is 17.6. The van der Waals surface area contributed by atoms with E-state index in [1.807, 2.05) is 31.2 Å². The predicted molar refractivity (Wildman–Crippen MR) is 150 cm³/mol. The summed E-state index contributed by atoms with van der Waals surface area (Å²) in [6.07, 6.45) is 5.65. The number of unbranched alkanes of at least 4 members (excludes halogenated alkanes) is 1. The summed E-state index contributed by atoms with van der Waals surface area (Å²) in [5.74, 6) is -1.54. The van der Waals surface area contributed by atoms with Crippen LogP contribution in [0.25, 0.3) is 0 Å². The Morgan fingerprint density at radius 1 is 1.08 bits per heavy atom. The van der Waals surface area contributed by atoms with Gasteiger partial charge in [0.2, 0.25) is 5.91 Å². The third kappa shape index (κ3) is 6.70. The van der Waals surface area contributed by atoms with Crippen molar-refractivity contribution >= 4 is 33.5 Å². The molecule has 1 heterocycles. The van der Waals surface area contributed by atoms with Gasteiger partial charge < -0.3 is 9.67 Å². The summed E-state index contributed by atoms with van der Waals surface area (Å²) in [4.78, 5) is 29.4. The summed E-state index contributed by atoms with van der Waals surface area (Å²) in [7, 11) is -3.96. The third-order valence-electron chi connectivity index (χ3n) is 7.38. The number of benzene rings is 2. The number of amides is 1. The Bertz CT molecular complexity index is 1430. The first-order valence-electron chi connectivity index (χ1n) is 13.3. The lowest BCUT2D eigenvalue weighted by Gasteiger charge is -2.31. The fraction of sp³-hybridized carbons (Fsp3) is 0.414. The van der Waals surface area contributed by atoms with Crippen LogP contribution >= 0.6 is 11.6 Å². The second-order valence-corrected chi connectivity index (χ2v) is 12.2. The molecule has 2 aromatic carbocycles. The summed E-state index contributed by atoms with van der Waals surface area (Å²) < 4.78 is 29.6. The Balaban J connectivity index is 1.52. The maximum atomic E-state index is 13.2. The van der Waals surface area contributed by atoms with E-state index in [9.17, 15) is 23.1 Å². The number of aromatic carboxylic acids is 1. The minimum Gasteiger partial charge on any atom is -0.476 e. The Kier molecular flexibility index (Phi) is 9.12. The molecule has 4 rings (SSSR count). The maximum absolute atomic E-state index is 13.2. The molecule has 10 heteroatoms. The number of carboxylic acids is 1. The monoisotopic (exact) mass is 571 g/mol. The van der Waals surface area contributed by atoms with Gasteiger partial charge in [-0.1, -0.05) is 79.7 Å². The van der Waals surface area contributed by atoms with Gasteiger partial charge in [-0.15, -0.1) is 0 Å². The van der Waals surface area contributed by atoms with E-state index >= 15 is 0 Å². The minimum absolute atomic E-state index is 0.0122. The van der Waals surface area contributed by atoms with E-state index in [1.165, 1.54) is 12.1 Å². The van der Waals surface area contributed by atoms with Crippen molar-refractivity contribution < 1.29 is 23.1 Å². The van der Waals surface area contributed by atoms with Crippen molar-refractivity contribution in [3.63, 3.8) is 0 Å². The van der Waals surface area contributed by atoms with Crippen molar-refractivity contribution in [1.29, 1.82) is 0 Å². The number of nitrogens with zero attached hydrogens (tertiary/aromatic N) is 2. The van der Waals surface area contributed by atoms with E-state index in [2.05, 4.69) is 16.6 Å². The van der Waals surface area contributed by atoms with Crippen LogP contribution in [0.5, 0.6) is 0 Å². The van der Waals surface area contributed by atoms with Gasteiger partial charge in [0.1, 0.15) is 5.82 Å². The number of hydrogen-bond donors (Lipinski definition) is 2. The van der Waals surface area contributed by atoms with Crippen LogP contribution in [0.15, 0.2) is 53.4 Å². The minimum atomic E-state index is -3.96. The number of nitrogens with one attached hydrogen (secondary N) is 1. The molecule has 8 nitrogen and oxygen atoms in total. The number of rotatable bonds is 10. The smallest absolute Gasteiger partial charge is 0.355 e. The lowest BCUT2D eigenvalue weighted by atomic mass is 9.75. The molecular formula is C29H34ClN3O5S. The van der Waals surface area contributed by atoms with Gasteiger partial charge in [0.05, 0.1) is 4.90 Å². The fourth-order valence-corrected chi connectivity index (χ4v) is 6.56. The Morgan fingerprint density at radius 3 is 2.38 bits per heavy atom. The summed E-state index contributed by atoms with van der Waals surface area (Å²) in [6, 6.07) is 14.1. The standard InChI is InChI=1S/C29H34ClN3O5S/c1-3-4-9-25-31-27(30)26(29(35)36)33(25)18-20-12-14-21(15-13-20)23-7-5-6-8-24(23)28(34)32-39(37,38)22-16-10-19(2)11-17-22/h10-17,23-24H,3-9,18H2,1-2H3,(H,32,34)(H,35,36)/t23-,24+/m1/s1. The lowest BCUT2D eigenvalue weighted by molar-refractivity contribution is -0.124. The average molecular weight is 572 g/mol. The van der Waals surface area contributed by atoms with E-state index in [4.69, 9.17) is 11.6 Å². The van der Waals surface area contributed by atoms with Crippen molar-refractivity contribution in [3.8, 4) is 0 Å². The first kappa shape index (κ1) is 28.8. The predicted octanol–water partition coefficient (Wildman–Crippen LogP) is 5.71. The van der Waals surface area contributed by atoms with Crippen molar-refractivity contribution in [2.24, 2.45) is 5.92 Å². The Labute approximate surface area is 234 Å². The molecule has 1 aliphatic rings. The van der Waals surface area contributed by atoms with Crippen molar-refractivity contribution in [2.45, 2.75) is 76.2 Å². The number of hydrogen-bond acceptors (Lipinski definition) is 5. The number of carbonyl (C=O) groups excluding carboxylic acids is 1. The third-order valence-corrected chi connectivity index (χ3v) is 9.00. The first-order chi connectivity index (χ1) is 18.6. The molecule has 208 valence electrons. The number of carbonyl (C=O) groups is 2. The highest BCUT2D eigenvalue weighted by atomic mass is 35.5. The highest BCUT2D eigenvalue weighted by molar-refractivity contribution is 7.90. The van der Waals surface area contributed by atoms with Crippen LogP contribution in [0.4, 0.5) is 0 Å². The second kappa shape index (κ2) is 12.3. The number of aryl methyl sites for hydroxylation is 2. The van der Waals surface area contributed by atoms with Gasteiger partial charge in [-0.3, -0.25) is 4.79 Å². The maximum Gasteiger partial charge on any atom is 0.355 e. The molecule has 0 unspecified atom stereocenters. The van der Waals surface area contributed by atoms with Crippen molar-refractivity contribution in [2.75, 3.05) is 0 Å². The molecule has 2 N–H and O–H groups in total. The molecule has 1 fully saturated rings. The molecular weight excluding hydrogens is 538 g/mol.